The third kappa shape index (κ3) is 2.29. The van der Waals surface area contributed by atoms with Gasteiger partial charge in [-0.2, -0.15) is 0 Å². The summed E-state index contributed by atoms with van der Waals surface area (Å²) in [5.74, 6) is -1.81. The van der Waals surface area contributed by atoms with Gasteiger partial charge in [-0.15, -0.1) is 0 Å². The lowest BCUT2D eigenvalue weighted by molar-refractivity contribution is -0.138. The van der Waals surface area contributed by atoms with Crippen LogP contribution in [-0.2, 0) is 9.59 Å². The second-order valence-corrected chi connectivity index (χ2v) is 5.12. The van der Waals surface area contributed by atoms with Crippen molar-refractivity contribution >= 4 is 11.9 Å². The number of esters is 1. The molecule has 0 unspecified atom stereocenters. The molecular formula is C17H14O4. The van der Waals surface area contributed by atoms with E-state index in [-0.39, 0.29) is 5.97 Å². The smallest absolute Gasteiger partial charge is 0.323 e. The Hall–Kier alpha value is -2.62. The molecule has 1 heterocycles. The summed E-state index contributed by atoms with van der Waals surface area (Å²) in [7, 11) is 0. The zero-order chi connectivity index (χ0) is 15.0. The summed E-state index contributed by atoms with van der Waals surface area (Å²) in [6.45, 7) is 1.62. The molecule has 1 N–H and O–H groups in total. The summed E-state index contributed by atoms with van der Waals surface area (Å²) < 4.78 is 5.28. The minimum atomic E-state index is -0.892. The normalized spacial score (nSPS) is 18.0. The van der Waals surface area contributed by atoms with Gasteiger partial charge in [0.25, 0.3) is 0 Å². The second-order valence-electron chi connectivity index (χ2n) is 5.12. The topological polar surface area (TPSA) is 63.6 Å². The third-order valence-electron chi connectivity index (χ3n) is 3.79. The predicted octanol–water partition coefficient (Wildman–Crippen LogP) is 2.93. The Kier molecular flexibility index (Phi) is 3.22. The van der Waals surface area contributed by atoms with Crippen LogP contribution in [-0.4, -0.2) is 17.0 Å². The molecule has 0 saturated carbocycles. The van der Waals surface area contributed by atoms with Crippen molar-refractivity contribution in [1.29, 1.82) is 0 Å². The highest BCUT2D eigenvalue weighted by atomic mass is 16.5. The molecular weight excluding hydrogens is 268 g/mol. The molecule has 0 aromatic heterocycles. The van der Waals surface area contributed by atoms with Crippen molar-refractivity contribution in [2.45, 2.75) is 18.8 Å². The Labute approximate surface area is 122 Å². The minimum Gasteiger partial charge on any atom is -0.481 e. The number of carbonyl (C=O) groups excluding carboxylic acids is 1. The van der Waals surface area contributed by atoms with Crippen molar-refractivity contribution in [3.63, 3.8) is 0 Å². The Morgan fingerprint density at radius 3 is 2.57 bits per heavy atom. The van der Waals surface area contributed by atoms with Crippen LogP contribution in [0.15, 0.2) is 48.5 Å². The SMILES string of the molecule is C[C@@H](C(=O)O)c1ccc2c(c1)[C@H](c1ccccc1)C(=O)O2. The number of carbonyl (C=O) groups is 2. The molecule has 4 heteroatoms. The van der Waals surface area contributed by atoms with Crippen molar-refractivity contribution in [2.24, 2.45) is 0 Å². The van der Waals surface area contributed by atoms with Gasteiger partial charge in [0.15, 0.2) is 0 Å². The Morgan fingerprint density at radius 1 is 1.19 bits per heavy atom. The van der Waals surface area contributed by atoms with E-state index in [2.05, 4.69) is 0 Å². The summed E-state index contributed by atoms with van der Waals surface area (Å²) >= 11 is 0. The van der Waals surface area contributed by atoms with Gasteiger partial charge >= 0.3 is 11.9 Å². The number of hydrogen-bond acceptors (Lipinski definition) is 3. The molecule has 0 spiro atoms. The fraction of sp³-hybridized carbons (Fsp3) is 0.176. The number of carboxylic acid groups (broad SMARTS) is 1. The lowest BCUT2D eigenvalue weighted by atomic mass is 9.89. The molecule has 21 heavy (non-hydrogen) atoms. The maximum atomic E-state index is 12.1. The number of hydrogen-bond donors (Lipinski definition) is 1. The minimum absolute atomic E-state index is 0.323. The molecule has 3 rings (SSSR count). The highest BCUT2D eigenvalue weighted by Crippen LogP contribution is 2.40. The predicted molar refractivity (Wildman–Crippen MR) is 76.4 cm³/mol. The van der Waals surface area contributed by atoms with E-state index in [0.717, 1.165) is 11.1 Å². The maximum absolute atomic E-state index is 12.1. The number of rotatable bonds is 3. The van der Waals surface area contributed by atoms with Crippen LogP contribution in [0.4, 0.5) is 0 Å². The zero-order valence-electron chi connectivity index (χ0n) is 11.4. The quantitative estimate of drug-likeness (QED) is 0.694. The van der Waals surface area contributed by atoms with E-state index in [9.17, 15) is 9.59 Å². The first kappa shape index (κ1) is 13.4. The van der Waals surface area contributed by atoms with Gasteiger partial charge in [0.2, 0.25) is 0 Å². The average Bonchev–Trinajstić information content (AvgIpc) is 2.82. The van der Waals surface area contributed by atoms with Crippen LogP contribution < -0.4 is 4.74 Å². The number of benzene rings is 2. The lowest BCUT2D eigenvalue weighted by Gasteiger charge is -2.11. The van der Waals surface area contributed by atoms with E-state index in [1.165, 1.54) is 0 Å². The Balaban J connectivity index is 2.07. The van der Waals surface area contributed by atoms with Crippen LogP contribution in [0.25, 0.3) is 0 Å². The summed E-state index contributed by atoms with van der Waals surface area (Å²) in [4.78, 5) is 23.2. The van der Waals surface area contributed by atoms with Gasteiger partial charge in [0.05, 0.1) is 5.92 Å². The fourth-order valence-corrected chi connectivity index (χ4v) is 2.55. The van der Waals surface area contributed by atoms with Gasteiger partial charge in [-0.25, -0.2) is 0 Å². The van der Waals surface area contributed by atoms with Crippen molar-refractivity contribution in [3.8, 4) is 5.75 Å². The second kappa shape index (κ2) is 5.05. The highest BCUT2D eigenvalue weighted by Gasteiger charge is 2.35. The number of fused-ring (bicyclic) bond motifs is 1. The van der Waals surface area contributed by atoms with Crippen molar-refractivity contribution in [2.75, 3.05) is 0 Å². The largest absolute Gasteiger partial charge is 0.481 e. The van der Waals surface area contributed by atoms with Crippen molar-refractivity contribution < 1.29 is 19.4 Å². The van der Waals surface area contributed by atoms with Gasteiger partial charge in [-0.1, -0.05) is 42.5 Å². The summed E-state index contributed by atoms with van der Waals surface area (Å²) in [5, 5.41) is 9.12. The average molecular weight is 282 g/mol. The molecule has 1 aliphatic heterocycles. The van der Waals surface area contributed by atoms with Gasteiger partial charge in [-0.3, -0.25) is 9.59 Å². The number of aliphatic carboxylic acids is 1. The Morgan fingerprint density at radius 2 is 1.90 bits per heavy atom. The molecule has 0 bridgehead atoms. The van der Waals surface area contributed by atoms with Crippen LogP contribution in [0.1, 0.15) is 35.4 Å². The molecule has 0 fully saturated rings. The summed E-state index contributed by atoms with van der Waals surface area (Å²) in [5.41, 5.74) is 2.25. The Bertz CT molecular complexity index is 706. The molecule has 0 amide bonds. The molecule has 1 aliphatic rings. The molecule has 2 atom stereocenters. The van der Waals surface area contributed by atoms with Gasteiger partial charge in [-0.05, 0) is 24.1 Å². The molecule has 0 saturated heterocycles. The zero-order valence-corrected chi connectivity index (χ0v) is 11.4. The molecule has 0 radical (unpaired) electrons. The van der Waals surface area contributed by atoms with Gasteiger partial charge in [0, 0.05) is 5.56 Å². The van der Waals surface area contributed by atoms with Crippen LogP contribution in [0.5, 0.6) is 5.75 Å². The van der Waals surface area contributed by atoms with Crippen LogP contribution >= 0.6 is 0 Å². The number of carboxylic acids is 1. The summed E-state index contributed by atoms with van der Waals surface area (Å²) in [6, 6.07) is 14.5. The van der Waals surface area contributed by atoms with E-state index in [4.69, 9.17) is 9.84 Å². The monoisotopic (exact) mass is 282 g/mol. The number of ether oxygens (including phenoxy) is 1. The van der Waals surface area contributed by atoms with Crippen LogP contribution in [0.2, 0.25) is 0 Å². The fourth-order valence-electron chi connectivity index (χ4n) is 2.55. The van der Waals surface area contributed by atoms with Crippen LogP contribution in [0, 0.1) is 0 Å². The van der Waals surface area contributed by atoms with Gasteiger partial charge in [0.1, 0.15) is 11.7 Å². The van der Waals surface area contributed by atoms with E-state index in [0.29, 0.717) is 11.3 Å². The highest BCUT2D eigenvalue weighted by molar-refractivity contribution is 5.89. The first-order valence-corrected chi connectivity index (χ1v) is 6.71. The van der Waals surface area contributed by atoms with Crippen molar-refractivity contribution in [1.82, 2.24) is 0 Å². The van der Waals surface area contributed by atoms with E-state index >= 15 is 0 Å². The summed E-state index contributed by atoms with van der Waals surface area (Å²) in [6.07, 6.45) is 0. The van der Waals surface area contributed by atoms with E-state index < -0.39 is 17.8 Å². The van der Waals surface area contributed by atoms with Crippen molar-refractivity contribution in [3.05, 3.63) is 65.2 Å². The molecule has 2 aromatic rings. The molecule has 2 aromatic carbocycles. The first-order valence-electron chi connectivity index (χ1n) is 6.71. The molecule has 0 aliphatic carbocycles. The van der Waals surface area contributed by atoms with Gasteiger partial charge < -0.3 is 9.84 Å². The maximum Gasteiger partial charge on any atom is 0.323 e. The molecule has 106 valence electrons. The lowest BCUT2D eigenvalue weighted by Crippen LogP contribution is -2.11. The molecule has 4 nitrogen and oxygen atoms in total. The first-order chi connectivity index (χ1) is 10.1. The van der Waals surface area contributed by atoms with Crippen LogP contribution in [0.3, 0.4) is 0 Å². The van der Waals surface area contributed by atoms with E-state index in [1.54, 1.807) is 25.1 Å². The third-order valence-corrected chi connectivity index (χ3v) is 3.79. The standard InChI is InChI=1S/C17H14O4/c1-10(16(18)19)12-7-8-14-13(9-12)15(17(20)21-14)11-5-3-2-4-6-11/h2-10,15H,1H3,(H,18,19)/t10-,15+/m1/s1. The van der Waals surface area contributed by atoms with E-state index in [1.807, 2.05) is 30.3 Å².